The van der Waals surface area contributed by atoms with Gasteiger partial charge in [-0.25, -0.2) is 0 Å². The molecule has 0 aliphatic carbocycles. The number of halogens is 1. The molecule has 1 atom stereocenters. The Hall–Kier alpha value is -1.56. The van der Waals surface area contributed by atoms with Crippen LogP contribution in [0.4, 0.5) is 5.69 Å². The Bertz CT molecular complexity index is 759. The van der Waals surface area contributed by atoms with Crippen molar-refractivity contribution < 1.29 is 9.53 Å². The summed E-state index contributed by atoms with van der Waals surface area (Å²) in [7, 11) is 1.57. The molecule has 2 heterocycles. The quantitative estimate of drug-likeness (QED) is 0.880. The standard InChI is InChI=1S/C18H21ClN2O2S/c1-11-8-15(16(23-3)9-14(11)19)20-18(22)10-21-6-4-17-13(12(21)2)5-7-24-17/h5,7-9,12H,4,6,10H2,1-3H3,(H,20,22)/t12-/m1/s1. The Balaban J connectivity index is 1.70. The topological polar surface area (TPSA) is 41.6 Å². The summed E-state index contributed by atoms with van der Waals surface area (Å²) in [6.07, 6.45) is 1.01. The predicted octanol–water partition coefficient (Wildman–Crippen LogP) is 4.28. The van der Waals surface area contributed by atoms with E-state index in [1.54, 1.807) is 24.5 Å². The van der Waals surface area contributed by atoms with Crippen LogP contribution in [0.15, 0.2) is 23.6 Å². The molecule has 128 valence electrons. The van der Waals surface area contributed by atoms with E-state index in [1.807, 2.05) is 13.0 Å². The Labute approximate surface area is 151 Å². The number of carbonyl (C=O) groups excluding carboxylic acids is 1. The zero-order valence-electron chi connectivity index (χ0n) is 14.1. The predicted molar refractivity (Wildman–Crippen MR) is 99.4 cm³/mol. The van der Waals surface area contributed by atoms with Gasteiger partial charge in [0.05, 0.1) is 19.3 Å². The van der Waals surface area contributed by atoms with Crippen LogP contribution in [0.2, 0.25) is 5.02 Å². The second-order valence-electron chi connectivity index (χ2n) is 6.05. The van der Waals surface area contributed by atoms with Crippen LogP contribution in [-0.2, 0) is 11.2 Å². The molecule has 6 heteroatoms. The Morgan fingerprint density at radius 2 is 2.29 bits per heavy atom. The minimum atomic E-state index is -0.0412. The summed E-state index contributed by atoms with van der Waals surface area (Å²) >= 11 is 7.92. The first kappa shape index (κ1) is 17.3. The van der Waals surface area contributed by atoms with E-state index in [1.165, 1.54) is 10.4 Å². The van der Waals surface area contributed by atoms with Crippen molar-refractivity contribution in [1.82, 2.24) is 4.90 Å². The van der Waals surface area contributed by atoms with Gasteiger partial charge in [-0.2, -0.15) is 0 Å². The molecule has 0 saturated carbocycles. The first-order valence-electron chi connectivity index (χ1n) is 7.94. The molecule has 4 nitrogen and oxygen atoms in total. The number of aryl methyl sites for hydroxylation is 1. The van der Waals surface area contributed by atoms with Gasteiger partial charge in [0.2, 0.25) is 5.91 Å². The van der Waals surface area contributed by atoms with Crippen LogP contribution in [-0.4, -0.2) is 31.0 Å². The number of hydrogen-bond donors (Lipinski definition) is 1. The fraction of sp³-hybridized carbons (Fsp3) is 0.389. The van der Waals surface area contributed by atoms with Crippen LogP contribution in [0.3, 0.4) is 0 Å². The molecule has 1 aromatic heterocycles. The van der Waals surface area contributed by atoms with E-state index in [-0.39, 0.29) is 11.9 Å². The molecule has 0 spiro atoms. The normalized spacial score (nSPS) is 17.4. The summed E-state index contributed by atoms with van der Waals surface area (Å²) < 4.78 is 5.32. The van der Waals surface area contributed by atoms with Gasteiger partial charge in [0.25, 0.3) is 0 Å². The molecular formula is C18H21ClN2O2S. The van der Waals surface area contributed by atoms with Crippen LogP contribution in [0.25, 0.3) is 0 Å². The first-order valence-corrected chi connectivity index (χ1v) is 9.19. The van der Waals surface area contributed by atoms with Gasteiger partial charge in [0, 0.05) is 28.6 Å². The minimum Gasteiger partial charge on any atom is -0.495 e. The number of hydrogen-bond acceptors (Lipinski definition) is 4. The average Bonchev–Trinajstić information content (AvgIpc) is 3.03. The Morgan fingerprint density at radius 1 is 1.50 bits per heavy atom. The maximum atomic E-state index is 12.5. The van der Waals surface area contributed by atoms with Gasteiger partial charge in [-0.3, -0.25) is 9.69 Å². The highest BCUT2D eigenvalue weighted by atomic mass is 35.5. The fourth-order valence-electron chi connectivity index (χ4n) is 3.08. The van der Waals surface area contributed by atoms with Crippen LogP contribution in [0.1, 0.15) is 29.0 Å². The largest absolute Gasteiger partial charge is 0.495 e. The second-order valence-corrected chi connectivity index (χ2v) is 7.45. The Morgan fingerprint density at radius 3 is 3.04 bits per heavy atom. The molecule has 1 amide bonds. The van der Waals surface area contributed by atoms with Crippen LogP contribution < -0.4 is 10.1 Å². The van der Waals surface area contributed by atoms with E-state index in [0.717, 1.165) is 18.5 Å². The van der Waals surface area contributed by atoms with Crippen molar-refractivity contribution in [2.24, 2.45) is 0 Å². The third kappa shape index (κ3) is 3.43. The number of benzene rings is 1. The zero-order chi connectivity index (χ0) is 17.3. The highest BCUT2D eigenvalue weighted by molar-refractivity contribution is 7.10. The van der Waals surface area contributed by atoms with Crippen molar-refractivity contribution in [3.05, 3.63) is 44.6 Å². The van der Waals surface area contributed by atoms with E-state index in [4.69, 9.17) is 16.3 Å². The van der Waals surface area contributed by atoms with Crippen molar-refractivity contribution in [3.63, 3.8) is 0 Å². The Kier molecular flexibility index (Phi) is 5.13. The van der Waals surface area contributed by atoms with Crippen molar-refractivity contribution in [3.8, 4) is 5.75 Å². The smallest absolute Gasteiger partial charge is 0.238 e. The van der Waals surface area contributed by atoms with E-state index in [9.17, 15) is 4.79 Å². The number of anilines is 1. The number of rotatable bonds is 4. The average molecular weight is 365 g/mol. The molecule has 1 aliphatic heterocycles. The number of nitrogens with zero attached hydrogens (tertiary/aromatic N) is 1. The van der Waals surface area contributed by atoms with Gasteiger partial charge in [-0.1, -0.05) is 11.6 Å². The highest BCUT2D eigenvalue weighted by Crippen LogP contribution is 2.33. The lowest BCUT2D eigenvalue weighted by Gasteiger charge is -2.33. The maximum absolute atomic E-state index is 12.5. The molecule has 2 aromatic rings. The third-order valence-corrected chi connectivity index (χ3v) is 5.91. The molecule has 3 rings (SSSR count). The third-order valence-electron chi connectivity index (χ3n) is 4.51. The van der Waals surface area contributed by atoms with E-state index in [0.29, 0.717) is 23.0 Å². The van der Waals surface area contributed by atoms with Crippen molar-refractivity contribution >= 4 is 34.5 Å². The SMILES string of the molecule is COc1cc(Cl)c(C)cc1NC(=O)CN1CCc2sccc2[C@H]1C. The molecular weight excluding hydrogens is 344 g/mol. The van der Waals surface area contributed by atoms with Crippen molar-refractivity contribution in [2.45, 2.75) is 26.3 Å². The first-order chi connectivity index (χ1) is 11.5. The number of ether oxygens (including phenoxy) is 1. The van der Waals surface area contributed by atoms with Gasteiger partial charge in [0.1, 0.15) is 5.75 Å². The van der Waals surface area contributed by atoms with E-state index >= 15 is 0 Å². The summed E-state index contributed by atoms with van der Waals surface area (Å²) in [6, 6.07) is 6.00. The molecule has 0 bridgehead atoms. The zero-order valence-corrected chi connectivity index (χ0v) is 15.6. The summed E-state index contributed by atoms with van der Waals surface area (Å²) in [5.74, 6) is 0.534. The fourth-order valence-corrected chi connectivity index (χ4v) is 4.20. The molecule has 24 heavy (non-hydrogen) atoms. The lowest BCUT2D eigenvalue weighted by atomic mass is 10.0. The van der Waals surface area contributed by atoms with Gasteiger partial charge in [0.15, 0.2) is 0 Å². The monoisotopic (exact) mass is 364 g/mol. The number of thiophene rings is 1. The molecule has 1 N–H and O–H groups in total. The summed E-state index contributed by atoms with van der Waals surface area (Å²) in [4.78, 5) is 16.1. The van der Waals surface area contributed by atoms with Crippen LogP contribution in [0.5, 0.6) is 5.75 Å². The number of methoxy groups -OCH3 is 1. The van der Waals surface area contributed by atoms with Gasteiger partial charge in [-0.05, 0) is 48.9 Å². The molecule has 1 aromatic carbocycles. The van der Waals surface area contributed by atoms with Crippen LogP contribution in [0, 0.1) is 6.92 Å². The maximum Gasteiger partial charge on any atom is 0.238 e. The van der Waals surface area contributed by atoms with Gasteiger partial charge in [-0.15, -0.1) is 11.3 Å². The highest BCUT2D eigenvalue weighted by Gasteiger charge is 2.26. The summed E-state index contributed by atoms with van der Waals surface area (Å²) in [5, 5.41) is 5.71. The molecule has 0 saturated heterocycles. The molecule has 0 unspecified atom stereocenters. The lowest BCUT2D eigenvalue weighted by Crippen LogP contribution is -2.39. The van der Waals surface area contributed by atoms with Gasteiger partial charge < -0.3 is 10.1 Å². The van der Waals surface area contributed by atoms with E-state index < -0.39 is 0 Å². The van der Waals surface area contributed by atoms with Crippen LogP contribution >= 0.6 is 22.9 Å². The second kappa shape index (κ2) is 7.13. The van der Waals surface area contributed by atoms with Crippen molar-refractivity contribution in [1.29, 1.82) is 0 Å². The molecule has 1 aliphatic rings. The minimum absolute atomic E-state index is 0.0412. The molecule has 0 fully saturated rings. The molecule has 0 radical (unpaired) electrons. The summed E-state index contributed by atoms with van der Waals surface area (Å²) in [5.41, 5.74) is 2.91. The van der Waals surface area contributed by atoms with Gasteiger partial charge >= 0.3 is 0 Å². The number of nitrogens with one attached hydrogen (secondary N) is 1. The number of fused-ring (bicyclic) bond motifs is 1. The van der Waals surface area contributed by atoms with E-state index in [2.05, 4.69) is 28.6 Å². The lowest BCUT2D eigenvalue weighted by molar-refractivity contribution is -0.117. The number of carbonyl (C=O) groups is 1. The number of amides is 1. The summed E-state index contributed by atoms with van der Waals surface area (Å²) in [6.45, 7) is 5.33. The van der Waals surface area contributed by atoms with Crippen molar-refractivity contribution in [2.75, 3.05) is 25.5 Å².